The molecule has 11 atom stereocenters. The van der Waals surface area contributed by atoms with E-state index < -0.39 is 41.9 Å². The van der Waals surface area contributed by atoms with Crippen LogP contribution in [0, 0.1) is 17.8 Å². The molecule has 41 heavy (non-hydrogen) atoms. The Morgan fingerprint density at radius 2 is 1.85 bits per heavy atom. The van der Waals surface area contributed by atoms with Gasteiger partial charge in [-0.2, -0.15) is 0 Å². The zero-order valence-electron chi connectivity index (χ0n) is 24.9. The summed E-state index contributed by atoms with van der Waals surface area (Å²) in [5.41, 5.74) is 0.439. The van der Waals surface area contributed by atoms with Crippen molar-refractivity contribution in [2.75, 3.05) is 26.5 Å². The van der Waals surface area contributed by atoms with Crippen LogP contribution in [0.3, 0.4) is 0 Å². The van der Waals surface area contributed by atoms with Crippen LogP contribution in [0.2, 0.25) is 0 Å². The van der Waals surface area contributed by atoms with E-state index in [1.54, 1.807) is 18.0 Å². The largest absolute Gasteiger partial charge is 0.388 e. The first-order valence-corrected chi connectivity index (χ1v) is 17.1. The summed E-state index contributed by atoms with van der Waals surface area (Å²) in [6.07, 6.45) is -0.0991. The Labute approximate surface area is 253 Å². The Morgan fingerprint density at radius 3 is 2.51 bits per heavy atom. The molecule has 3 fully saturated rings. The predicted molar refractivity (Wildman–Crippen MR) is 164 cm³/mol. The standard InChI is InChI=1S/C30H49N3O6S2/c1-16(2)12-19-10-11-38-27-20(13-19)15-32-23(27)29(37)33-22(28-25(35)24(34)26(36)30(39-28)40-5)17(3)41-21-8-6-18(7-9-21)14-31-4/h6-9,16-17,19-20,22-28,30-32,34-36H,10-15H2,1-5H3,(H,33,37)/t17-,19-,20-,22+,23-,24-,25+,26+,27+,28+,30+/m0/s1. The maximum Gasteiger partial charge on any atom is 0.240 e. The molecule has 1 aromatic rings. The van der Waals surface area contributed by atoms with Crippen molar-refractivity contribution in [3.63, 3.8) is 0 Å². The summed E-state index contributed by atoms with van der Waals surface area (Å²) in [5, 5.41) is 41.7. The van der Waals surface area contributed by atoms with Crippen LogP contribution in [0.4, 0.5) is 0 Å². The van der Waals surface area contributed by atoms with Crippen LogP contribution in [0.1, 0.15) is 45.6 Å². The second kappa shape index (κ2) is 15.2. The SMILES string of the molecule is CNCc1ccc(S[C@@H](C)[C@@H](NC(=O)[C@H]2NC[C@@H]3C[C@H](CC(C)C)CCO[C@H]32)[C@H]2O[C@H](SC)[C@H](O)[C@@H](O)[C@H]2O)cc1. The summed E-state index contributed by atoms with van der Waals surface area (Å²) in [4.78, 5) is 14.9. The fourth-order valence-electron chi connectivity index (χ4n) is 6.54. The lowest BCUT2D eigenvalue weighted by atomic mass is 9.85. The van der Waals surface area contributed by atoms with Crippen molar-refractivity contribution < 1.29 is 29.6 Å². The fourth-order valence-corrected chi connectivity index (χ4v) is 8.31. The van der Waals surface area contributed by atoms with Crippen molar-refractivity contribution in [2.24, 2.45) is 17.8 Å². The van der Waals surface area contributed by atoms with Crippen LogP contribution in [-0.4, -0.2) is 101 Å². The Hall–Kier alpha value is -0.890. The van der Waals surface area contributed by atoms with Crippen LogP contribution in [0.25, 0.3) is 0 Å². The number of benzene rings is 1. The molecule has 0 spiro atoms. The lowest BCUT2D eigenvalue weighted by Crippen LogP contribution is -2.65. The highest BCUT2D eigenvalue weighted by Gasteiger charge is 2.50. The second-order valence-corrected chi connectivity index (χ2v) is 14.6. The Morgan fingerprint density at radius 1 is 1.12 bits per heavy atom. The van der Waals surface area contributed by atoms with Gasteiger partial charge in [0.05, 0.1) is 12.1 Å². The smallest absolute Gasteiger partial charge is 0.240 e. The van der Waals surface area contributed by atoms with Gasteiger partial charge in [0.15, 0.2) is 0 Å². The van der Waals surface area contributed by atoms with Crippen LogP contribution in [0.15, 0.2) is 29.2 Å². The van der Waals surface area contributed by atoms with Gasteiger partial charge < -0.3 is 40.7 Å². The van der Waals surface area contributed by atoms with E-state index in [1.165, 1.54) is 17.3 Å². The minimum Gasteiger partial charge on any atom is -0.388 e. The molecule has 3 aliphatic rings. The van der Waals surface area contributed by atoms with Gasteiger partial charge in [0.2, 0.25) is 5.91 Å². The molecule has 0 unspecified atom stereocenters. The second-order valence-electron chi connectivity index (χ2n) is 12.2. The molecule has 3 aliphatic heterocycles. The van der Waals surface area contributed by atoms with Gasteiger partial charge in [-0.05, 0) is 68.0 Å². The molecule has 3 heterocycles. The third kappa shape index (κ3) is 8.19. The predicted octanol–water partition coefficient (Wildman–Crippen LogP) is 1.97. The van der Waals surface area contributed by atoms with Gasteiger partial charge >= 0.3 is 0 Å². The van der Waals surface area contributed by atoms with E-state index in [0.717, 1.165) is 37.2 Å². The van der Waals surface area contributed by atoms with Crippen molar-refractivity contribution in [1.29, 1.82) is 0 Å². The third-order valence-corrected chi connectivity index (χ3v) is 10.7. The Bertz CT molecular complexity index is 970. The molecule has 11 heteroatoms. The van der Waals surface area contributed by atoms with E-state index in [2.05, 4.69) is 41.9 Å². The molecule has 232 valence electrons. The maximum atomic E-state index is 13.9. The summed E-state index contributed by atoms with van der Waals surface area (Å²) in [6.45, 7) is 8.64. The lowest BCUT2D eigenvalue weighted by Gasteiger charge is -2.44. The zero-order chi connectivity index (χ0) is 29.7. The quantitative estimate of drug-likeness (QED) is 0.207. The van der Waals surface area contributed by atoms with Crippen molar-refractivity contribution in [1.82, 2.24) is 16.0 Å². The molecule has 6 N–H and O–H groups in total. The molecular formula is C30H49N3O6S2. The van der Waals surface area contributed by atoms with Gasteiger partial charge in [0, 0.05) is 29.8 Å². The number of hydrogen-bond donors (Lipinski definition) is 6. The Kier molecular flexibility index (Phi) is 12.2. The first-order chi connectivity index (χ1) is 19.6. The van der Waals surface area contributed by atoms with Crippen molar-refractivity contribution in [3.05, 3.63) is 29.8 Å². The molecular weight excluding hydrogens is 562 g/mol. The number of carbonyl (C=O) groups is 1. The van der Waals surface area contributed by atoms with Gasteiger partial charge in [-0.15, -0.1) is 23.5 Å². The van der Waals surface area contributed by atoms with Gasteiger partial charge in [0.1, 0.15) is 35.9 Å². The normalized spacial score (nSPS) is 35.5. The number of rotatable bonds is 11. The number of amides is 1. The number of fused-ring (bicyclic) bond motifs is 1. The van der Waals surface area contributed by atoms with Crippen molar-refractivity contribution in [2.45, 2.75) is 105 Å². The van der Waals surface area contributed by atoms with Crippen molar-refractivity contribution >= 4 is 29.4 Å². The molecule has 4 rings (SSSR count). The zero-order valence-corrected chi connectivity index (χ0v) is 26.5. The minimum absolute atomic E-state index is 0.196. The molecule has 9 nitrogen and oxygen atoms in total. The highest BCUT2D eigenvalue weighted by atomic mass is 32.2. The van der Waals surface area contributed by atoms with Crippen LogP contribution in [0.5, 0.6) is 0 Å². The van der Waals surface area contributed by atoms with Gasteiger partial charge in [0.25, 0.3) is 0 Å². The van der Waals surface area contributed by atoms with Gasteiger partial charge in [-0.3, -0.25) is 4.79 Å². The Balaban J connectivity index is 1.52. The van der Waals surface area contributed by atoms with Gasteiger partial charge in [-0.25, -0.2) is 0 Å². The number of thioether (sulfide) groups is 2. The molecule has 3 saturated heterocycles. The average Bonchev–Trinajstić information content (AvgIpc) is 3.23. The summed E-state index contributed by atoms with van der Waals surface area (Å²) in [5.74, 6) is 1.30. The van der Waals surface area contributed by atoms with E-state index in [1.807, 2.05) is 26.1 Å². The highest BCUT2D eigenvalue weighted by Crippen LogP contribution is 2.36. The number of carbonyl (C=O) groups excluding carboxylic acids is 1. The van der Waals surface area contributed by atoms with Crippen LogP contribution >= 0.6 is 23.5 Å². The first-order valence-electron chi connectivity index (χ1n) is 14.9. The van der Waals surface area contributed by atoms with E-state index >= 15 is 0 Å². The topological polar surface area (TPSA) is 132 Å². The minimum atomic E-state index is -1.39. The molecule has 1 aromatic carbocycles. The molecule has 0 bridgehead atoms. The van der Waals surface area contributed by atoms with Gasteiger partial charge in [-0.1, -0.05) is 32.9 Å². The highest BCUT2D eigenvalue weighted by molar-refractivity contribution is 8.00. The molecule has 0 aliphatic carbocycles. The fraction of sp³-hybridized carbons (Fsp3) is 0.767. The summed E-state index contributed by atoms with van der Waals surface area (Å²) < 4.78 is 12.4. The van der Waals surface area contributed by atoms with Crippen LogP contribution in [-0.2, 0) is 20.8 Å². The molecule has 0 aromatic heterocycles. The molecule has 0 radical (unpaired) electrons. The third-order valence-electron chi connectivity index (χ3n) is 8.59. The lowest BCUT2D eigenvalue weighted by molar-refractivity contribution is -0.205. The van der Waals surface area contributed by atoms with Crippen LogP contribution < -0.4 is 16.0 Å². The average molecular weight is 612 g/mol. The van der Waals surface area contributed by atoms with E-state index in [9.17, 15) is 20.1 Å². The number of hydrogen-bond acceptors (Lipinski definition) is 10. The van der Waals surface area contributed by atoms with E-state index in [4.69, 9.17) is 9.47 Å². The number of aliphatic hydroxyl groups is 3. The molecule has 1 amide bonds. The monoisotopic (exact) mass is 611 g/mol. The first kappa shape index (κ1) is 33.0. The number of ether oxygens (including phenoxy) is 2. The van der Waals surface area contributed by atoms with E-state index in [-0.39, 0.29) is 23.2 Å². The summed E-state index contributed by atoms with van der Waals surface area (Å²) >= 11 is 2.84. The van der Waals surface area contributed by atoms with E-state index in [0.29, 0.717) is 18.4 Å². The molecule has 0 saturated carbocycles. The maximum absolute atomic E-state index is 13.9. The summed E-state index contributed by atoms with van der Waals surface area (Å²) in [7, 11) is 1.91. The number of nitrogens with one attached hydrogen (secondary N) is 3. The summed E-state index contributed by atoms with van der Waals surface area (Å²) in [6, 6.07) is 7.07. The van der Waals surface area contributed by atoms with Crippen molar-refractivity contribution in [3.8, 4) is 0 Å². The number of aliphatic hydroxyl groups excluding tert-OH is 3.